The summed E-state index contributed by atoms with van der Waals surface area (Å²) in [7, 11) is 0. The highest BCUT2D eigenvalue weighted by molar-refractivity contribution is 7.71. The molecule has 3 rings (SSSR count). The average molecular weight is 271 g/mol. The van der Waals surface area contributed by atoms with Crippen LogP contribution in [-0.4, -0.2) is 23.3 Å². The smallest absolute Gasteiger partial charge is 0.121 e. The zero-order valence-corrected chi connectivity index (χ0v) is 11.6. The molecule has 1 aromatic heterocycles. The van der Waals surface area contributed by atoms with Crippen LogP contribution in [0.4, 0.5) is 5.69 Å². The minimum atomic E-state index is 0.695. The Labute approximate surface area is 118 Å². The van der Waals surface area contributed by atoms with Crippen molar-refractivity contribution in [3.8, 4) is 11.3 Å². The third-order valence-corrected chi connectivity index (χ3v) is 3.74. The summed E-state index contributed by atoms with van der Waals surface area (Å²) in [6.45, 7) is 2.20. The van der Waals surface area contributed by atoms with E-state index in [1.165, 1.54) is 19.3 Å². The van der Waals surface area contributed by atoms with Gasteiger partial charge in [-0.25, -0.2) is 0 Å². The quantitative estimate of drug-likeness (QED) is 0.843. The van der Waals surface area contributed by atoms with Crippen molar-refractivity contribution in [2.24, 2.45) is 0 Å². The lowest BCUT2D eigenvalue weighted by Gasteiger charge is -2.30. The van der Waals surface area contributed by atoms with Crippen LogP contribution < -0.4 is 4.90 Å². The van der Waals surface area contributed by atoms with Gasteiger partial charge in [-0.3, -0.25) is 5.10 Å². The Morgan fingerprint density at radius 1 is 1.05 bits per heavy atom. The lowest BCUT2D eigenvalue weighted by atomic mass is 10.1. The molecule has 2 heterocycles. The number of H-pyrrole nitrogens is 1. The summed E-state index contributed by atoms with van der Waals surface area (Å²) < 4.78 is 0.695. The van der Waals surface area contributed by atoms with Crippen LogP contribution in [0.25, 0.3) is 11.3 Å². The first-order chi connectivity index (χ1) is 9.34. The number of rotatable bonds is 2. The van der Waals surface area contributed by atoms with Crippen molar-refractivity contribution in [2.45, 2.75) is 19.3 Å². The molecule has 0 bridgehead atoms. The lowest BCUT2D eigenvalue weighted by molar-refractivity contribution is 0.577. The molecule has 0 spiro atoms. The molecule has 3 nitrogen and oxygen atoms in total. The first kappa shape index (κ1) is 12.4. The molecule has 1 aromatic carbocycles. The van der Waals surface area contributed by atoms with Crippen molar-refractivity contribution < 1.29 is 0 Å². The van der Waals surface area contributed by atoms with E-state index in [4.69, 9.17) is 12.2 Å². The van der Waals surface area contributed by atoms with Gasteiger partial charge in [0.15, 0.2) is 0 Å². The number of benzene rings is 1. The van der Waals surface area contributed by atoms with E-state index >= 15 is 0 Å². The van der Waals surface area contributed by atoms with Gasteiger partial charge in [-0.05, 0) is 25.3 Å². The normalized spacial score (nSPS) is 15.5. The predicted molar refractivity (Wildman–Crippen MR) is 80.9 cm³/mol. The van der Waals surface area contributed by atoms with Crippen LogP contribution in [0, 0.1) is 4.64 Å². The van der Waals surface area contributed by atoms with Crippen molar-refractivity contribution in [1.82, 2.24) is 10.2 Å². The van der Waals surface area contributed by atoms with Crippen LogP contribution in [-0.2, 0) is 0 Å². The Kier molecular flexibility index (Phi) is 3.60. The Bertz CT molecular complexity index is 600. The summed E-state index contributed by atoms with van der Waals surface area (Å²) in [6, 6.07) is 12.3. The van der Waals surface area contributed by atoms with Crippen LogP contribution in [0.15, 0.2) is 36.4 Å². The first-order valence-corrected chi connectivity index (χ1v) is 7.15. The molecule has 19 heavy (non-hydrogen) atoms. The maximum Gasteiger partial charge on any atom is 0.121 e. The lowest BCUT2D eigenvalue weighted by Crippen LogP contribution is -2.30. The fourth-order valence-corrected chi connectivity index (χ4v) is 2.73. The maximum atomic E-state index is 5.23. The Hall–Kier alpha value is -1.68. The van der Waals surface area contributed by atoms with Crippen molar-refractivity contribution >= 4 is 17.9 Å². The molecular formula is C15H17N3S. The van der Waals surface area contributed by atoms with Gasteiger partial charge in [-0.2, -0.15) is 5.10 Å². The Balaban J connectivity index is 2.06. The molecule has 4 heteroatoms. The second-order valence-corrected chi connectivity index (χ2v) is 5.32. The summed E-state index contributed by atoms with van der Waals surface area (Å²) in [5.41, 5.74) is 3.29. The molecular weight excluding hydrogens is 254 g/mol. The van der Waals surface area contributed by atoms with Gasteiger partial charge in [0.1, 0.15) is 10.3 Å². The standard InChI is InChI=1S/C15H17N3S/c19-14-11-13(18-9-5-2-6-10-18)15(17-16-14)12-7-3-1-4-8-12/h1,3-4,7-8,11H,2,5-6,9-10H2,(H,16,19). The molecule has 1 saturated heterocycles. The second-order valence-electron chi connectivity index (χ2n) is 4.88. The van der Waals surface area contributed by atoms with Crippen molar-refractivity contribution in [2.75, 3.05) is 18.0 Å². The van der Waals surface area contributed by atoms with Gasteiger partial charge < -0.3 is 4.90 Å². The van der Waals surface area contributed by atoms with E-state index in [0.29, 0.717) is 4.64 Å². The molecule has 98 valence electrons. The predicted octanol–water partition coefficient (Wildman–Crippen LogP) is 3.80. The van der Waals surface area contributed by atoms with Crippen LogP contribution >= 0.6 is 12.2 Å². The highest BCUT2D eigenvalue weighted by atomic mass is 32.1. The van der Waals surface area contributed by atoms with Gasteiger partial charge in [-0.1, -0.05) is 42.5 Å². The molecule has 1 fully saturated rings. The van der Waals surface area contributed by atoms with Gasteiger partial charge in [0, 0.05) is 18.7 Å². The van der Waals surface area contributed by atoms with Gasteiger partial charge in [0.2, 0.25) is 0 Å². The zero-order chi connectivity index (χ0) is 13.1. The number of aromatic amines is 1. The topological polar surface area (TPSA) is 31.9 Å². The van der Waals surface area contributed by atoms with E-state index in [2.05, 4.69) is 27.2 Å². The SMILES string of the molecule is S=c1cc(N2CCCCC2)c(-c2ccccc2)n[nH]1. The molecule has 0 atom stereocenters. The Morgan fingerprint density at radius 3 is 2.53 bits per heavy atom. The zero-order valence-electron chi connectivity index (χ0n) is 10.8. The van der Waals surface area contributed by atoms with E-state index < -0.39 is 0 Å². The fourth-order valence-electron chi connectivity index (χ4n) is 2.58. The van der Waals surface area contributed by atoms with E-state index in [9.17, 15) is 0 Å². The van der Waals surface area contributed by atoms with Crippen LogP contribution in [0.3, 0.4) is 0 Å². The van der Waals surface area contributed by atoms with Crippen LogP contribution in [0.5, 0.6) is 0 Å². The number of hydrogen-bond donors (Lipinski definition) is 1. The second kappa shape index (κ2) is 5.53. The third-order valence-electron chi connectivity index (χ3n) is 3.53. The highest BCUT2D eigenvalue weighted by Crippen LogP contribution is 2.30. The number of nitrogens with one attached hydrogen (secondary N) is 1. The van der Waals surface area contributed by atoms with E-state index in [0.717, 1.165) is 30.0 Å². The molecule has 0 radical (unpaired) electrons. The molecule has 1 aliphatic heterocycles. The minimum Gasteiger partial charge on any atom is -0.370 e. The molecule has 2 aromatic rings. The fraction of sp³-hybridized carbons (Fsp3) is 0.333. The monoisotopic (exact) mass is 271 g/mol. The maximum absolute atomic E-state index is 5.23. The summed E-state index contributed by atoms with van der Waals surface area (Å²) in [6.07, 6.45) is 3.82. The first-order valence-electron chi connectivity index (χ1n) is 6.75. The van der Waals surface area contributed by atoms with Gasteiger partial charge in [0.25, 0.3) is 0 Å². The molecule has 1 N–H and O–H groups in total. The molecule has 0 aliphatic carbocycles. The van der Waals surface area contributed by atoms with Crippen LogP contribution in [0.1, 0.15) is 19.3 Å². The summed E-state index contributed by atoms with van der Waals surface area (Å²) in [5, 5.41) is 7.37. The summed E-state index contributed by atoms with van der Waals surface area (Å²) in [4.78, 5) is 2.41. The molecule has 0 saturated carbocycles. The number of hydrogen-bond acceptors (Lipinski definition) is 3. The number of anilines is 1. The van der Waals surface area contributed by atoms with Crippen molar-refractivity contribution in [1.29, 1.82) is 0 Å². The average Bonchev–Trinajstić information content (AvgIpc) is 2.49. The van der Waals surface area contributed by atoms with E-state index in [1.807, 2.05) is 24.3 Å². The van der Waals surface area contributed by atoms with Crippen molar-refractivity contribution in [3.05, 3.63) is 41.0 Å². The summed E-state index contributed by atoms with van der Waals surface area (Å²) in [5.74, 6) is 0. The van der Waals surface area contributed by atoms with Crippen LogP contribution in [0.2, 0.25) is 0 Å². The van der Waals surface area contributed by atoms with Crippen molar-refractivity contribution in [3.63, 3.8) is 0 Å². The number of aromatic nitrogens is 2. The highest BCUT2D eigenvalue weighted by Gasteiger charge is 2.16. The Morgan fingerprint density at radius 2 is 1.79 bits per heavy atom. The van der Waals surface area contributed by atoms with E-state index in [-0.39, 0.29) is 0 Å². The number of nitrogens with zero attached hydrogens (tertiary/aromatic N) is 2. The summed E-state index contributed by atoms with van der Waals surface area (Å²) >= 11 is 5.23. The van der Waals surface area contributed by atoms with Gasteiger partial charge >= 0.3 is 0 Å². The largest absolute Gasteiger partial charge is 0.370 e. The molecule has 0 unspecified atom stereocenters. The minimum absolute atomic E-state index is 0.695. The van der Waals surface area contributed by atoms with Gasteiger partial charge in [0.05, 0.1) is 5.69 Å². The van der Waals surface area contributed by atoms with Gasteiger partial charge in [-0.15, -0.1) is 0 Å². The molecule has 1 aliphatic rings. The number of piperidine rings is 1. The molecule has 0 amide bonds. The third kappa shape index (κ3) is 2.68. The van der Waals surface area contributed by atoms with E-state index in [1.54, 1.807) is 0 Å².